The maximum absolute atomic E-state index is 12.4. The highest BCUT2D eigenvalue weighted by atomic mass is 16.5. The number of esters is 1. The Morgan fingerprint density at radius 3 is 1.27 bits per heavy atom. The summed E-state index contributed by atoms with van der Waals surface area (Å²) in [4.78, 5) is 24.5. The van der Waals surface area contributed by atoms with E-state index in [4.69, 9.17) is 4.74 Å². The van der Waals surface area contributed by atoms with Gasteiger partial charge in [-0.05, 0) is 83.5 Å². The van der Waals surface area contributed by atoms with Crippen molar-refractivity contribution in [2.75, 3.05) is 13.2 Å². The third-order valence-electron chi connectivity index (χ3n) is 12.6. The van der Waals surface area contributed by atoms with Gasteiger partial charge in [-0.3, -0.25) is 9.59 Å². The van der Waals surface area contributed by atoms with Crippen LogP contribution in [0.5, 0.6) is 0 Å². The molecule has 374 valence electrons. The Labute approximate surface area is 397 Å². The molecule has 64 heavy (non-hydrogen) atoms. The van der Waals surface area contributed by atoms with Crippen molar-refractivity contribution < 1.29 is 24.5 Å². The number of nitrogens with one attached hydrogen (secondary N) is 1. The zero-order valence-electron chi connectivity index (χ0n) is 42.5. The zero-order chi connectivity index (χ0) is 46.5. The summed E-state index contributed by atoms with van der Waals surface area (Å²) in [5, 5.41) is 23.1. The Morgan fingerprint density at radius 2 is 0.797 bits per heavy atom. The van der Waals surface area contributed by atoms with E-state index in [0.29, 0.717) is 19.4 Å². The van der Waals surface area contributed by atoms with Gasteiger partial charge in [0.1, 0.15) is 0 Å². The number of aliphatic hydroxyl groups excluding tert-OH is 2. The second kappa shape index (κ2) is 53.4. The molecule has 0 aromatic heterocycles. The molecule has 6 heteroatoms. The molecule has 0 bridgehead atoms. The van der Waals surface area contributed by atoms with Gasteiger partial charge in [0.25, 0.3) is 0 Å². The normalized spacial score (nSPS) is 13.0. The third kappa shape index (κ3) is 49.3. The highest BCUT2D eigenvalue weighted by Crippen LogP contribution is 2.16. The second-order valence-electron chi connectivity index (χ2n) is 18.9. The maximum Gasteiger partial charge on any atom is 0.305 e. The highest BCUT2D eigenvalue weighted by molar-refractivity contribution is 5.76. The molecule has 0 aliphatic heterocycles. The lowest BCUT2D eigenvalue weighted by Gasteiger charge is -2.19. The van der Waals surface area contributed by atoms with Gasteiger partial charge in [-0.15, -0.1) is 0 Å². The van der Waals surface area contributed by atoms with Gasteiger partial charge < -0.3 is 20.3 Å². The molecule has 0 radical (unpaired) electrons. The first-order valence-electron chi connectivity index (χ1n) is 27.9. The predicted molar refractivity (Wildman–Crippen MR) is 278 cm³/mol. The van der Waals surface area contributed by atoms with Crippen LogP contribution in [0.2, 0.25) is 0 Å². The van der Waals surface area contributed by atoms with E-state index < -0.39 is 12.1 Å². The Kier molecular flexibility index (Phi) is 51.6. The fourth-order valence-electron chi connectivity index (χ4n) is 8.25. The molecule has 0 heterocycles. The van der Waals surface area contributed by atoms with E-state index in [1.54, 1.807) is 6.08 Å². The van der Waals surface area contributed by atoms with Gasteiger partial charge in [0.15, 0.2) is 0 Å². The van der Waals surface area contributed by atoms with Gasteiger partial charge in [0.05, 0.1) is 25.4 Å². The molecule has 0 saturated heterocycles. The summed E-state index contributed by atoms with van der Waals surface area (Å²) in [6.45, 7) is 4.78. The Morgan fingerprint density at radius 1 is 0.438 bits per heavy atom. The van der Waals surface area contributed by atoms with E-state index >= 15 is 0 Å². The van der Waals surface area contributed by atoms with E-state index in [0.717, 1.165) is 83.5 Å². The highest BCUT2D eigenvalue weighted by Gasteiger charge is 2.18. The number of aliphatic hydroxyl groups is 2. The van der Waals surface area contributed by atoms with Gasteiger partial charge in [-0.2, -0.15) is 0 Å². The van der Waals surface area contributed by atoms with Crippen LogP contribution in [0.25, 0.3) is 0 Å². The summed E-state index contributed by atoms with van der Waals surface area (Å²) in [5.41, 5.74) is 0. The molecule has 0 aromatic rings. The Balaban J connectivity index is 3.58. The van der Waals surface area contributed by atoms with Crippen molar-refractivity contribution in [2.45, 2.75) is 296 Å². The van der Waals surface area contributed by atoms with Crippen molar-refractivity contribution in [2.24, 2.45) is 0 Å². The average Bonchev–Trinajstić information content (AvgIpc) is 3.29. The molecule has 0 saturated carbocycles. The monoisotopic (exact) mass is 898 g/mol. The van der Waals surface area contributed by atoms with Crippen molar-refractivity contribution in [3.8, 4) is 0 Å². The number of unbranched alkanes of at least 4 members (excludes halogenated alkanes) is 34. The molecule has 2 atom stereocenters. The first kappa shape index (κ1) is 61.8. The molecule has 0 aromatic carbocycles. The summed E-state index contributed by atoms with van der Waals surface area (Å²) in [7, 11) is 0. The molecule has 0 rings (SSSR count). The molecule has 0 aliphatic carbocycles. The first-order chi connectivity index (χ1) is 31.5. The lowest BCUT2D eigenvalue weighted by atomic mass is 10.0. The molecule has 0 aliphatic rings. The van der Waals surface area contributed by atoms with E-state index in [1.165, 1.54) is 173 Å². The van der Waals surface area contributed by atoms with Crippen LogP contribution in [0, 0.1) is 0 Å². The van der Waals surface area contributed by atoms with Gasteiger partial charge >= 0.3 is 5.97 Å². The van der Waals surface area contributed by atoms with Crippen LogP contribution in [0.1, 0.15) is 284 Å². The fraction of sp³-hybridized carbons (Fsp3) is 0.828. The second-order valence-corrected chi connectivity index (χ2v) is 18.9. The fourth-order valence-corrected chi connectivity index (χ4v) is 8.25. The SMILES string of the molecule is CCCCC/C=C\C/C=C\CCCCCCCC(=O)OCCCCCC/C=C\CCCC(=O)NC(CO)C(O)/C=C/CCCCCCCCCCCCCCCCCCCCCCC. The molecule has 6 nitrogen and oxygen atoms in total. The van der Waals surface area contributed by atoms with Crippen molar-refractivity contribution in [1.29, 1.82) is 0 Å². The molecule has 0 fully saturated rings. The van der Waals surface area contributed by atoms with Crippen LogP contribution < -0.4 is 5.32 Å². The van der Waals surface area contributed by atoms with Crippen LogP contribution in [0.3, 0.4) is 0 Å². The molecular formula is C58H107NO5. The largest absolute Gasteiger partial charge is 0.466 e. The van der Waals surface area contributed by atoms with Crippen LogP contribution in [-0.2, 0) is 14.3 Å². The number of hydrogen-bond acceptors (Lipinski definition) is 5. The van der Waals surface area contributed by atoms with E-state index in [1.807, 2.05) is 6.08 Å². The lowest BCUT2D eigenvalue weighted by Crippen LogP contribution is -2.45. The summed E-state index contributed by atoms with van der Waals surface area (Å²) in [6.07, 6.45) is 67.0. The standard InChI is InChI=1S/C58H107NO5/c1-3-5-7-9-11-13-15-17-19-20-21-22-23-24-25-26-28-29-31-34-38-42-46-50-56(61)55(54-60)59-57(62)51-47-43-39-35-33-37-41-45-49-53-64-58(63)52-48-44-40-36-32-30-27-18-16-14-12-10-8-6-4-2/h12,14,18,27,35,39,46,50,55-56,60-61H,3-11,13,15-17,19-26,28-34,36-38,40-45,47-49,51-54H2,1-2H3,(H,59,62)/b14-12-,27-18-,39-35-,50-46+. The van der Waals surface area contributed by atoms with E-state index in [9.17, 15) is 19.8 Å². The molecular weight excluding hydrogens is 791 g/mol. The number of hydrogen-bond donors (Lipinski definition) is 3. The maximum atomic E-state index is 12.4. The Bertz CT molecular complexity index is 1080. The van der Waals surface area contributed by atoms with Crippen molar-refractivity contribution in [3.63, 3.8) is 0 Å². The molecule has 2 unspecified atom stereocenters. The van der Waals surface area contributed by atoms with Crippen LogP contribution in [-0.4, -0.2) is 47.4 Å². The van der Waals surface area contributed by atoms with Crippen molar-refractivity contribution in [1.82, 2.24) is 5.32 Å². The summed E-state index contributed by atoms with van der Waals surface area (Å²) in [6, 6.07) is -0.668. The van der Waals surface area contributed by atoms with Gasteiger partial charge in [0.2, 0.25) is 5.91 Å². The lowest BCUT2D eigenvalue weighted by molar-refractivity contribution is -0.143. The topological polar surface area (TPSA) is 95.9 Å². The number of allylic oxidation sites excluding steroid dienone is 7. The van der Waals surface area contributed by atoms with Crippen molar-refractivity contribution in [3.05, 3.63) is 48.6 Å². The summed E-state index contributed by atoms with van der Waals surface area (Å²) in [5.74, 6) is -0.181. The Hall–Kier alpha value is -2.18. The van der Waals surface area contributed by atoms with E-state index in [2.05, 4.69) is 55.6 Å². The minimum atomic E-state index is -0.878. The van der Waals surface area contributed by atoms with Gasteiger partial charge in [-0.25, -0.2) is 0 Å². The summed E-state index contributed by atoms with van der Waals surface area (Å²) < 4.78 is 5.43. The van der Waals surface area contributed by atoms with E-state index in [-0.39, 0.29) is 18.5 Å². The van der Waals surface area contributed by atoms with Crippen LogP contribution in [0.4, 0.5) is 0 Å². The smallest absolute Gasteiger partial charge is 0.305 e. The van der Waals surface area contributed by atoms with Crippen molar-refractivity contribution >= 4 is 11.9 Å². The number of ether oxygens (including phenoxy) is 1. The minimum Gasteiger partial charge on any atom is -0.466 e. The van der Waals surface area contributed by atoms with Crippen LogP contribution >= 0.6 is 0 Å². The van der Waals surface area contributed by atoms with Gasteiger partial charge in [0, 0.05) is 12.8 Å². The molecule has 3 N–H and O–H groups in total. The minimum absolute atomic E-state index is 0.0521. The molecule has 1 amide bonds. The number of carbonyl (C=O) groups is 2. The predicted octanol–water partition coefficient (Wildman–Crippen LogP) is 17.0. The number of amides is 1. The molecule has 0 spiro atoms. The quantitative estimate of drug-likeness (QED) is 0.0321. The zero-order valence-corrected chi connectivity index (χ0v) is 42.5. The number of carbonyl (C=O) groups excluding carboxylic acids is 2. The average molecular weight is 898 g/mol. The summed E-state index contributed by atoms with van der Waals surface area (Å²) >= 11 is 0. The number of rotatable bonds is 51. The van der Waals surface area contributed by atoms with Gasteiger partial charge in [-0.1, -0.05) is 236 Å². The third-order valence-corrected chi connectivity index (χ3v) is 12.6. The first-order valence-corrected chi connectivity index (χ1v) is 27.9. The van der Waals surface area contributed by atoms with Crippen LogP contribution in [0.15, 0.2) is 48.6 Å².